The van der Waals surface area contributed by atoms with E-state index in [9.17, 15) is 8.42 Å². The van der Waals surface area contributed by atoms with Crippen molar-refractivity contribution in [2.75, 3.05) is 25.2 Å². The highest BCUT2D eigenvalue weighted by Gasteiger charge is 2.33. The zero-order valence-corrected chi connectivity index (χ0v) is 11.6. The Morgan fingerprint density at radius 3 is 3.11 bits per heavy atom. The van der Waals surface area contributed by atoms with E-state index >= 15 is 0 Å². The SMILES string of the molecule is CCC1COCCN1S(=O)(=O)c1ccnc(NN)c1. The van der Waals surface area contributed by atoms with E-state index in [1.807, 2.05) is 6.92 Å². The van der Waals surface area contributed by atoms with Gasteiger partial charge >= 0.3 is 0 Å². The molecule has 0 aromatic carbocycles. The van der Waals surface area contributed by atoms with Crippen molar-refractivity contribution in [1.29, 1.82) is 0 Å². The number of hydrazine groups is 1. The molecule has 1 atom stereocenters. The van der Waals surface area contributed by atoms with Crippen LogP contribution < -0.4 is 11.3 Å². The molecule has 0 bridgehead atoms. The summed E-state index contributed by atoms with van der Waals surface area (Å²) in [4.78, 5) is 4.10. The van der Waals surface area contributed by atoms with Crippen LogP contribution >= 0.6 is 0 Å². The van der Waals surface area contributed by atoms with Crippen LogP contribution in [0.3, 0.4) is 0 Å². The van der Waals surface area contributed by atoms with E-state index < -0.39 is 10.0 Å². The van der Waals surface area contributed by atoms with E-state index in [1.165, 1.54) is 22.6 Å². The zero-order chi connectivity index (χ0) is 13.9. The zero-order valence-electron chi connectivity index (χ0n) is 10.7. The van der Waals surface area contributed by atoms with Crippen LogP contribution in [0.2, 0.25) is 0 Å². The molecular weight excluding hydrogens is 268 g/mol. The van der Waals surface area contributed by atoms with Gasteiger partial charge in [0.1, 0.15) is 5.82 Å². The van der Waals surface area contributed by atoms with Gasteiger partial charge in [0.25, 0.3) is 0 Å². The molecule has 1 saturated heterocycles. The van der Waals surface area contributed by atoms with Crippen molar-refractivity contribution in [3.8, 4) is 0 Å². The fraction of sp³-hybridized carbons (Fsp3) is 0.545. The molecule has 0 amide bonds. The Morgan fingerprint density at radius 2 is 2.42 bits per heavy atom. The second kappa shape index (κ2) is 5.83. The average Bonchev–Trinajstić information content (AvgIpc) is 2.47. The van der Waals surface area contributed by atoms with Crippen LogP contribution in [0.15, 0.2) is 23.2 Å². The van der Waals surface area contributed by atoms with Gasteiger partial charge in [0.05, 0.1) is 18.1 Å². The largest absolute Gasteiger partial charge is 0.378 e. The predicted octanol–water partition coefficient (Wildman–Crippen LogP) is 0.167. The van der Waals surface area contributed by atoms with Gasteiger partial charge in [0, 0.05) is 24.8 Å². The summed E-state index contributed by atoms with van der Waals surface area (Å²) in [6.07, 6.45) is 2.13. The maximum absolute atomic E-state index is 12.6. The predicted molar refractivity (Wildman–Crippen MR) is 70.8 cm³/mol. The van der Waals surface area contributed by atoms with Crippen molar-refractivity contribution >= 4 is 15.8 Å². The third-order valence-electron chi connectivity index (χ3n) is 3.13. The van der Waals surface area contributed by atoms with Gasteiger partial charge in [-0.3, -0.25) is 0 Å². The first-order valence-corrected chi connectivity index (χ1v) is 7.56. The van der Waals surface area contributed by atoms with E-state index in [4.69, 9.17) is 10.6 Å². The molecular formula is C11H18N4O3S. The Balaban J connectivity index is 2.34. The molecule has 1 aromatic rings. The van der Waals surface area contributed by atoms with Crippen molar-refractivity contribution in [2.24, 2.45) is 5.84 Å². The molecule has 0 aliphatic carbocycles. The standard InChI is InChI=1S/C11H18N4O3S/c1-2-9-8-18-6-5-15(9)19(16,17)10-3-4-13-11(7-10)14-12/h3-4,7,9H,2,5-6,8,12H2,1H3,(H,13,14). The second-order valence-electron chi connectivity index (χ2n) is 4.27. The van der Waals surface area contributed by atoms with E-state index in [1.54, 1.807) is 0 Å². The molecule has 3 N–H and O–H groups in total. The van der Waals surface area contributed by atoms with Gasteiger partial charge in [-0.25, -0.2) is 19.2 Å². The molecule has 2 heterocycles. The maximum atomic E-state index is 12.6. The van der Waals surface area contributed by atoms with Crippen LogP contribution in [0.5, 0.6) is 0 Å². The van der Waals surface area contributed by atoms with Gasteiger partial charge < -0.3 is 10.2 Å². The number of pyridine rings is 1. The first-order chi connectivity index (χ1) is 9.09. The Hall–Kier alpha value is -1.22. The second-order valence-corrected chi connectivity index (χ2v) is 6.16. The topological polar surface area (TPSA) is 97.5 Å². The minimum Gasteiger partial charge on any atom is -0.378 e. The summed E-state index contributed by atoms with van der Waals surface area (Å²) < 4.78 is 32.0. The van der Waals surface area contributed by atoms with Gasteiger partial charge in [-0.05, 0) is 12.5 Å². The highest BCUT2D eigenvalue weighted by Crippen LogP contribution is 2.22. The van der Waals surface area contributed by atoms with E-state index in [0.29, 0.717) is 32.0 Å². The summed E-state index contributed by atoms with van der Waals surface area (Å²) in [5.74, 6) is 5.57. The third kappa shape index (κ3) is 2.86. The lowest BCUT2D eigenvalue weighted by molar-refractivity contribution is 0.0314. The quantitative estimate of drug-likeness (QED) is 0.605. The first kappa shape index (κ1) is 14.2. The van der Waals surface area contributed by atoms with Gasteiger partial charge in [0.2, 0.25) is 10.0 Å². The molecule has 2 rings (SSSR count). The lowest BCUT2D eigenvalue weighted by atomic mass is 10.2. The number of ether oxygens (including phenoxy) is 1. The third-order valence-corrected chi connectivity index (χ3v) is 5.08. The molecule has 106 valence electrons. The number of anilines is 1. The van der Waals surface area contributed by atoms with Crippen LogP contribution in [0.25, 0.3) is 0 Å². The van der Waals surface area contributed by atoms with Crippen molar-refractivity contribution in [1.82, 2.24) is 9.29 Å². The minimum absolute atomic E-state index is 0.124. The lowest BCUT2D eigenvalue weighted by Gasteiger charge is -2.33. The number of rotatable bonds is 4. The normalized spacial score (nSPS) is 21.3. The van der Waals surface area contributed by atoms with E-state index in [-0.39, 0.29) is 10.9 Å². The average molecular weight is 286 g/mol. The van der Waals surface area contributed by atoms with Gasteiger partial charge in [0.15, 0.2) is 0 Å². The molecule has 1 aromatic heterocycles. The van der Waals surface area contributed by atoms with Gasteiger partial charge in [-0.15, -0.1) is 0 Å². The maximum Gasteiger partial charge on any atom is 0.243 e. The molecule has 1 aliphatic heterocycles. The van der Waals surface area contributed by atoms with Crippen LogP contribution in [0.1, 0.15) is 13.3 Å². The summed E-state index contributed by atoms with van der Waals surface area (Å²) in [5.41, 5.74) is 2.35. The molecule has 8 heteroatoms. The van der Waals surface area contributed by atoms with Crippen molar-refractivity contribution in [3.63, 3.8) is 0 Å². The van der Waals surface area contributed by atoms with E-state index in [2.05, 4.69) is 10.4 Å². The van der Waals surface area contributed by atoms with Crippen molar-refractivity contribution in [2.45, 2.75) is 24.3 Å². The Bertz CT molecular complexity index is 534. The molecule has 1 aliphatic rings. The Labute approximate surface area is 112 Å². The fourth-order valence-electron chi connectivity index (χ4n) is 2.06. The van der Waals surface area contributed by atoms with Crippen LogP contribution in [-0.2, 0) is 14.8 Å². The number of nitrogens with zero attached hydrogens (tertiary/aromatic N) is 2. The molecule has 19 heavy (non-hydrogen) atoms. The summed E-state index contributed by atoms with van der Waals surface area (Å²) in [6, 6.07) is 2.77. The lowest BCUT2D eigenvalue weighted by Crippen LogP contribution is -2.48. The molecule has 1 unspecified atom stereocenters. The number of hydrogen-bond donors (Lipinski definition) is 2. The van der Waals surface area contributed by atoms with Crippen LogP contribution in [0, 0.1) is 0 Å². The summed E-state index contributed by atoms with van der Waals surface area (Å²) in [5, 5.41) is 0. The van der Waals surface area contributed by atoms with Crippen LogP contribution in [-0.4, -0.2) is 43.5 Å². The summed E-state index contributed by atoms with van der Waals surface area (Å²) in [7, 11) is -3.54. The molecule has 0 saturated carbocycles. The monoisotopic (exact) mass is 286 g/mol. The van der Waals surface area contributed by atoms with Crippen LogP contribution in [0.4, 0.5) is 5.82 Å². The smallest absolute Gasteiger partial charge is 0.243 e. The number of nitrogen functional groups attached to an aromatic ring is 1. The molecule has 1 fully saturated rings. The fourth-order valence-corrected chi connectivity index (χ4v) is 3.74. The first-order valence-electron chi connectivity index (χ1n) is 6.12. The highest BCUT2D eigenvalue weighted by molar-refractivity contribution is 7.89. The molecule has 0 spiro atoms. The molecule has 0 radical (unpaired) electrons. The number of sulfonamides is 1. The molecule has 7 nitrogen and oxygen atoms in total. The van der Waals surface area contributed by atoms with Crippen molar-refractivity contribution in [3.05, 3.63) is 18.3 Å². The van der Waals surface area contributed by atoms with E-state index in [0.717, 1.165) is 0 Å². The highest BCUT2D eigenvalue weighted by atomic mass is 32.2. The number of hydrogen-bond acceptors (Lipinski definition) is 6. The number of nitrogens with one attached hydrogen (secondary N) is 1. The van der Waals surface area contributed by atoms with Gasteiger partial charge in [-0.1, -0.05) is 6.92 Å². The Morgan fingerprint density at radius 1 is 1.63 bits per heavy atom. The van der Waals surface area contributed by atoms with Gasteiger partial charge in [-0.2, -0.15) is 4.31 Å². The number of morpholine rings is 1. The summed E-state index contributed by atoms with van der Waals surface area (Å²) in [6.45, 7) is 3.17. The summed E-state index contributed by atoms with van der Waals surface area (Å²) >= 11 is 0. The number of nitrogens with two attached hydrogens (primary N) is 1. The van der Waals surface area contributed by atoms with Crippen molar-refractivity contribution < 1.29 is 13.2 Å². The Kier molecular flexibility index (Phi) is 4.35. The number of aromatic nitrogens is 1. The minimum atomic E-state index is -3.54.